The molecule has 1 saturated heterocycles. The van der Waals surface area contributed by atoms with E-state index >= 15 is 0 Å². The summed E-state index contributed by atoms with van der Waals surface area (Å²) in [5, 5.41) is 38.8. The van der Waals surface area contributed by atoms with E-state index < -0.39 is 161 Å². The Kier molecular flexibility index (Phi) is 21.4. The lowest BCUT2D eigenvalue weighted by molar-refractivity contribution is -0.141. The van der Waals surface area contributed by atoms with Crippen molar-refractivity contribution in [3.05, 3.63) is 156 Å². The highest BCUT2D eigenvalue weighted by Crippen LogP contribution is 2.49. The number of nitrogens with zero attached hydrogens (tertiary/aromatic N) is 5. The van der Waals surface area contributed by atoms with E-state index in [-0.39, 0.29) is 59.6 Å². The summed E-state index contributed by atoms with van der Waals surface area (Å²) in [4.78, 5) is 78.1. The van der Waals surface area contributed by atoms with E-state index in [2.05, 4.69) is 47.0 Å². The number of nitrogen functional groups attached to an aromatic ring is 1. The molecule has 0 aromatic heterocycles. The molecule has 1 fully saturated rings. The van der Waals surface area contributed by atoms with Crippen LogP contribution in [0.3, 0.4) is 0 Å². The van der Waals surface area contributed by atoms with Crippen LogP contribution in [0.5, 0.6) is 5.75 Å². The number of hydrogen-bond donors (Lipinski definition) is 9. The van der Waals surface area contributed by atoms with E-state index in [1.54, 1.807) is 30.3 Å². The van der Waals surface area contributed by atoms with Gasteiger partial charge < -0.3 is 47.1 Å². The van der Waals surface area contributed by atoms with Crippen molar-refractivity contribution < 1.29 is 81.4 Å². The first kappa shape index (κ1) is 70.3. The zero-order valence-electron chi connectivity index (χ0n) is 51.4. The van der Waals surface area contributed by atoms with Crippen LogP contribution in [0.2, 0.25) is 0 Å². The summed E-state index contributed by atoms with van der Waals surface area (Å²) in [6.07, 6.45) is -0.255. The molecule has 4 unspecified atom stereocenters. The fourth-order valence-corrected chi connectivity index (χ4v) is 14.6. The second kappa shape index (κ2) is 29.3. The number of phenolic OH excluding ortho intramolecular Hbond substituents is 1. The van der Waals surface area contributed by atoms with Crippen molar-refractivity contribution in [3.8, 4) is 16.9 Å². The summed E-state index contributed by atoms with van der Waals surface area (Å²) in [5.74, 6) is -5.57. The molecule has 10 N–H and O–H groups in total. The van der Waals surface area contributed by atoms with Crippen LogP contribution in [0, 0.1) is 0 Å². The molecule has 1 aliphatic heterocycles. The van der Waals surface area contributed by atoms with Crippen molar-refractivity contribution in [2.75, 3.05) is 43.5 Å². The minimum Gasteiger partial charge on any atom is -0.505 e. The Balaban J connectivity index is 0.824. The Morgan fingerprint density at radius 1 is 0.625 bits per heavy atom. The number of nitrogens with one attached hydrogen (secondary N) is 5. The van der Waals surface area contributed by atoms with E-state index in [1.807, 2.05) is 48.5 Å². The molecule has 1 aliphatic carbocycles. The maximum atomic E-state index is 14.1. The molecule has 7 aromatic carbocycles. The third kappa shape index (κ3) is 16.5. The Bertz CT molecular complexity index is 4690. The van der Waals surface area contributed by atoms with Gasteiger partial charge in [0.1, 0.15) is 51.9 Å². The van der Waals surface area contributed by atoms with Crippen molar-refractivity contribution in [2.45, 2.75) is 89.7 Å². The highest BCUT2D eigenvalue weighted by Gasteiger charge is 2.39. The second-order valence-corrected chi connectivity index (χ2v) is 29.4. The molecular weight excluding hydrogens is 1330 g/mol. The zero-order chi connectivity index (χ0) is 69.4. The molecule has 0 bridgehead atoms. The van der Waals surface area contributed by atoms with Crippen molar-refractivity contribution in [3.63, 3.8) is 0 Å². The predicted molar refractivity (Wildman–Crippen MR) is 349 cm³/mol. The second-order valence-electron chi connectivity index (χ2n) is 22.4. The molecule has 1 heterocycles. The van der Waals surface area contributed by atoms with Crippen molar-refractivity contribution >= 4 is 115 Å². The van der Waals surface area contributed by atoms with Crippen LogP contribution in [-0.2, 0) is 75.0 Å². The van der Waals surface area contributed by atoms with Crippen LogP contribution in [0.25, 0.3) is 21.9 Å². The number of anilines is 1. The monoisotopic (exact) mass is 1390 g/mol. The van der Waals surface area contributed by atoms with Gasteiger partial charge in [0.05, 0.1) is 43.7 Å². The number of carbonyl (C=O) groups excluding carboxylic acids is 6. The van der Waals surface area contributed by atoms with Gasteiger partial charge in [-0.1, -0.05) is 78.9 Å². The first-order valence-corrected chi connectivity index (χ1v) is 35.8. The molecule has 0 radical (unpaired) electrons. The van der Waals surface area contributed by atoms with Gasteiger partial charge in [0, 0.05) is 38.9 Å². The lowest BCUT2D eigenvalue weighted by Crippen LogP contribution is -2.57. The highest BCUT2D eigenvalue weighted by molar-refractivity contribution is 7.91. The van der Waals surface area contributed by atoms with Crippen molar-refractivity contribution in [1.82, 2.24) is 31.5 Å². The smallest absolute Gasteiger partial charge is 0.407 e. The Labute approximate surface area is 551 Å². The Morgan fingerprint density at radius 3 is 1.68 bits per heavy atom. The lowest BCUT2D eigenvalue weighted by Gasteiger charge is -2.29. The highest BCUT2D eigenvalue weighted by atomic mass is 32.2. The molecule has 6 amide bonds. The average molecular weight is 1390 g/mol. The summed E-state index contributed by atoms with van der Waals surface area (Å²) in [5.41, 5.74) is 8.44. The number of rotatable bonds is 25. The maximum absolute atomic E-state index is 14.1. The van der Waals surface area contributed by atoms with Crippen LogP contribution < -0.4 is 32.3 Å². The predicted octanol–water partition coefficient (Wildman–Crippen LogP) is 6.40. The number of carbonyl (C=O) groups is 6. The van der Waals surface area contributed by atoms with Gasteiger partial charge in [0.25, 0.3) is 20.2 Å². The molecule has 4 atom stereocenters. The van der Waals surface area contributed by atoms with E-state index in [9.17, 15) is 76.7 Å². The van der Waals surface area contributed by atoms with Crippen LogP contribution >= 0.6 is 0 Å². The van der Waals surface area contributed by atoms with Crippen molar-refractivity contribution in [2.24, 2.45) is 20.5 Å². The SMILES string of the molecule is CC(=O)NCCS(=O)(=O)c1ccc(N=Nc2c(S(=O)(=O)O)cc3cc(S(=O)(=O)O)c(N=Nc4ccc(S(=O)(=O)CCNC(=O)C(Cc5ccccc5)NC(=O)C5CCCN5C(=O)C(C)NC(=O)C(C)NC(=O)OCC5c6ccccc6-c6ccccc65)cc4)c(N)c3c2O)cc1. The average Bonchev–Trinajstić information content (AvgIpc) is 0.974. The van der Waals surface area contributed by atoms with Crippen molar-refractivity contribution in [1.29, 1.82) is 0 Å². The number of aromatic hydroxyl groups is 1. The number of alkyl carbamates (subject to hydrolysis) is 1. The molecule has 33 heteroatoms. The van der Waals surface area contributed by atoms with Gasteiger partial charge in [-0.25, -0.2) is 21.6 Å². The number of phenols is 1. The minimum absolute atomic E-state index is 0.0119. The molecule has 0 saturated carbocycles. The largest absolute Gasteiger partial charge is 0.505 e. The zero-order valence-corrected chi connectivity index (χ0v) is 54.7. The van der Waals surface area contributed by atoms with Crippen LogP contribution in [-0.4, -0.2) is 150 Å². The molecule has 96 heavy (non-hydrogen) atoms. The standard InChI is InChI=1S/C63H65N11O18S4/c1-36(68-63(81)92-35-49-47-16-9-7-14-45(47)46-15-8-10-17-48(46)49)59(77)67-37(2)62(80)74-29-11-18-51(74)61(79)69-50(32-39-12-5-4-6-13-39)60(78)66-28-31-94(84,85)44-23-19-41(20-24-44)70-72-56-52(95(86,87)88)33-40-34-53(96(89,90)91)57(58(76)54(40)55(56)64)73-71-42-21-25-43(26-22-42)93(82,83)30-27-65-38(3)75/h4-10,12-17,19-26,33-34,36-37,49-51,76H,11,18,27-32,35,64H2,1-3H3,(H,65,75)(H,66,78)(H,67,77)(H,68,81)(H,69,79)(H,86,87,88)(H,89,90,91). The van der Waals surface area contributed by atoms with Gasteiger partial charge in [-0.15, -0.1) is 10.2 Å². The summed E-state index contributed by atoms with van der Waals surface area (Å²) < 4.78 is 130. The van der Waals surface area contributed by atoms with E-state index in [1.165, 1.54) is 37.8 Å². The molecule has 7 aromatic rings. The van der Waals surface area contributed by atoms with E-state index in [0.717, 1.165) is 58.7 Å². The molecule has 2 aliphatic rings. The normalized spacial score (nSPS) is 15.1. The third-order valence-corrected chi connectivity index (χ3v) is 21.0. The number of likely N-dealkylation sites (tertiary alicyclic amines) is 1. The first-order chi connectivity index (χ1) is 45.4. The van der Waals surface area contributed by atoms with Gasteiger partial charge in [0.2, 0.25) is 29.5 Å². The summed E-state index contributed by atoms with van der Waals surface area (Å²) in [6, 6.07) is 30.2. The number of amides is 6. The molecule has 9 rings (SSSR count). The Morgan fingerprint density at radius 2 is 1.14 bits per heavy atom. The summed E-state index contributed by atoms with van der Waals surface area (Å²) >= 11 is 0. The molecule has 29 nitrogen and oxygen atoms in total. The van der Waals surface area contributed by atoms with Gasteiger partial charge >= 0.3 is 6.09 Å². The van der Waals surface area contributed by atoms with Gasteiger partial charge in [0.15, 0.2) is 25.4 Å². The van der Waals surface area contributed by atoms with Crippen LogP contribution in [0.4, 0.5) is 33.2 Å². The van der Waals surface area contributed by atoms with Gasteiger partial charge in [-0.05, 0) is 121 Å². The van der Waals surface area contributed by atoms with Gasteiger partial charge in [-0.3, -0.25) is 33.1 Å². The number of fused-ring (bicyclic) bond motifs is 4. The van der Waals surface area contributed by atoms with Gasteiger partial charge in [-0.2, -0.15) is 27.1 Å². The number of azo groups is 2. The number of hydrogen-bond acceptors (Lipinski definition) is 21. The number of benzene rings is 7. The lowest BCUT2D eigenvalue weighted by atomic mass is 9.98. The summed E-state index contributed by atoms with van der Waals surface area (Å²) in [7, 11) is -18.7. The fourth-order valence-electron chi connectivity index (χ4n) is 11.0. The molecular formula is C63H65N11O18S4. The number of nitrogens with two attached hydrogens (primary N) is 1. The quantitative estimate of drug-likeness (QED) is 0.0170. The first-order valence-electron chi connectivity index (χ1n) is 29.6. The molecule has 504 valence electrons. The number of sulfone groups is 2. The third-order valence-electron chi connectivity index (χ3n) is 15.8. The van der Waals surface area contributed by atoms with Crippen LogP contribution in [0.1, 0.15) is 56.2 Å². The number of ether oxygens (including phenoxy) is 1. The minimum atomic E-state index is -5.30. The summed E-state index contributed by atoms with van der Waals surface area (Å²) in [6.45, 7) is 3.62. The van der Waals surface area contributed by atoms with Crippen LogP contribution in [0.15, 0.2) is 180 Å². The Hall–Kier alpha value is -10.1. The van der Waals surface area contributed by atoms with E-state index in [0.29, 0.717) is 24.1 Å². The van der Waals surface area contributed by atoms with E-state index in [4.69, 9.17) is 10.5 Å². The topological polar surface area (TPSA) is 448 Å². The fraction of sp³-hybridized carbons (Fsp3) is 0.270. The maximum Gasteiger partial charge on any atom is 0.407 e. The molecule has 0 spiro atoms.